The summed E-state index contributed by atoms with van der Waals surface area (Å²) < 4.78 is 11.6. The van der Waals surface area contributed by atoms with Gasteiger partial charge in [-0.3, -0.25) is 9.63 Å². The number of ether oxygens (including phenoxy) is 2. The Morgan fingerprint density at radius 3 is 2.86 bits per heavy atom. The molecule has 1 aromatic carbocycles. The lowest BCUT2D eigenvalue weighted by molar-refractivity contribution is -0.141. The van der Waals surface area contributed by atoms with E-state index in [1.807, 2.05) is 18.2 Å². The molecule has 158 valence electrons. The van der Waals surface area contributed by atoms with Crippen LogP contribution in [0.4, 0.5) is 5.69 Å². The molecular formula is C21H28N2O6. The predicted molar refractivity (Wildman–Crippen MR) is 104 cm³/mol. The molecule has 4 fully saturated rings. The highest BCUT2D eigenvalue weighted by molar-refractivity contribution is 6.07. The number of aliphatic hydroxyl groups excluding tert-OH is 2. The van der Waals surface area contributed by atoms with E-state index in [4.69, 9.17) is 14.3 Å². The highest BCUT2D eigenvalue weighted by atomic mass is 16.7. The summed E-state index contributed by atoms with van der Waals surface area (Å²) in [7, 11) is 3.08. The van der Waals surface area contributed by atoms with E-state index in [0.29, 0.717) is 30.9 Å². The number of carbonyl (C=O) groups excluding carboxylic acids is 1. The van der Waals surface area contributed by atoms with Gasteiger partial charge in [-0.1, -0.05) is 6.07 Å². The van der Waals surface area contributed by atoms with Gasteiger partial charge in [0.15, 0.2) is 0 Å². The number of nitrogens with one attached hydrogen (secondary N) is 1. The van der Waals surface area contributed by atoms with Gasteiger partial charge in [0.1, 0.15) is 11.2 Å². The van der Waals surface area contributed by atoms with E-state index >= 15 is 0 Å². The molecule has 3 N–H and O–H groups in total. The van der Waals surface area contributed by atoms with Crippen LogP contribution in [-0.4, -0.2) is 67.3 Å². The van der Waals surface area contributed by atoms with Gasteiger partial charge in [0, 0.05) is 18.0 Å². The number of methoxy groups -OCH3 is 1. The third-order valence-electron chi connectivity index (χ3n) is 7.86. The van der Waals surface area contributed by atoms with Gasteiger partial charge in [-0.2, -0.15) is 5.06 Å². The summed E-state index contributed by atoms with van der Waals surface area (Å²) in [6, 6.07) is 5.57. The number of anilines is 1. The molecule has 1 aliphatic carbocycles. The number of hydrogen-bond acceptors (Lipinski definition) is 7. The number of carbonyl (C=O) groups is 1. The number of hydroxylamine groups is 1. The zero-order valence-electron chi connectivity index (χ0n) is 16.9. The minimum absolute atomic E-state index is 0.0294. The second-order valence-corrected chi connectivity index (χ2v) is 8.79. The molecule has 1 spiro atoms. The second-order valence-electron chi connectivity index (χ2n) is 8.79. The fourth-order valence-corrected chi connectivity index (χ4v) is 6.39. The molecule has 0 unspecified atom stereocenters. The Morgan fingerprint density at radius 1 is 1.41 bits per heavy atom. The zero-order chi connectivity index (χ0) is 20.6. The van der Waals surface area contributed by atoms with Gasteiger partial charge < -0.3 is 25.0 Å². The fraction of sp³-hybridized carbons (Fsp3) is 0.667. The Hall–Kier alpha value is -1.71. The summed E-state index contributed by atoms with van der Waals surface area (Å²) in [4.78, 5) is 19.2. The van der Waals surface area contributed by atoms with Crippen molar-refractivity contribution < 1.29 is 29.3 Å². The highest BCUT2D eigenvalue weighted by Gasteiger charge is 2.68. The molecule has 6 rings (SSSR count). The zero-order valence-corrected chi connectivity index (χ0v) is 16.9. The predicted octanol–water partition coefficient (Wildman–Crippen LogP) is 0.350. The Bertz CT molecular complexity index is 846. The van der Waals surface area contributed by atoms with E-state index < -0.39 is 17.1 Å². The first kappa shape index (κ1) is 19.3. The van der Waals surface area contributed by atoms with Gasteiger partial charge in [-0.05, 0) is 37.3 Å². The molecule has 1 amide bonds. The summed E-state index contributed by atoms with van der Waals surface area (Å²) in [6.45, 7) is 2.09. The highest BCUT2D eigenvalue weighted by Crippen LogP contribution is 2.58. The lowest BCUT2D eigenvalue weighted by Gasteiger charge is -2.46. The summed E-state index contributed by atoms with van der Waals surface area (Å²) in [5.41, 5.74) is -0.0499. The second kappa shape index (κ2) is 6.39. The van der Waals surface area contributed by atoms with Crippen molar-refractivity contribution in [1.29, 1.82) is 0 Å². The van der Waals surface area contributed by atoms with Crippen molar-refractivity contribution in [2.24, 2.45) is 11.8 Å². The SMILES string of the molecule is COc1ccc2c(c1)N(OC)C(=O)[C@@]21C[C@@H]2N[C@](CO)([C@@H](C)O)[C@H]3C[C@H]1OC[C@@H]23. The normalized spacial score (nSPS) is 41.0. The maximum Gasteiger partial charge on any atom is 0.264 e. The lowest BCUT2D eigenvalue weighted by Crippen LogP contribution is -2.62. The number of rotatable bonds is 4. The van der Waals surface area contributed by atoms with Crippen LogP contribution in [0.5, 0.6) is 5.75 Å². The first-order valence-corrected chi connectivity index (χ1v) is 10.2. The van der Waals surface area contributed by atoms with Crippen LogP contribution >= 0.6 is 0 Å². The molecular weight excluding hydrogens is 376 g/mol. The molecule has 0 aromatic heterocycles. The molecule has 4 aliphatic heterocycles. The van der Waals surface area contributed by atoms with Gasteiger partial charge in [0.25, 0.3) is 5.91 Å². The first-order chi connectivity index (χ1) is 13.9. The molecule has 3 saturated heterocycles. The van der Waals surface area contributed by atoms with E-state index in [0.717, 1.165) is 5.56 Å². The van der Waals surface area contributed by atoms with Crippen LogP contribution in [0.15, 0.2) is 18.2 Å². The topological polar surface area (TPSA) is 100 Å². The average Bonchev–Trinajstić information content (AvgIpc) is 3.05. The van der Waals surface area contributed by atoms with Crippen molar-refractivity contribution in [2.75, 3.05) is 32.5 Å². The summed E-state index contributed by atoms with van der Waals surface area (Å²) in [6.07, 6.45) is 0.0733. The number of benzene rings is 1. The Labute approximate surface area is 169 Å². The molecule has 0 radical (unpaired) electrons. The van der Waals surface area contributed by atoms with Gasteiger partial charge in [0.05, 0.1) is 50.9 Å². The first-order valence-electron chi connectivity index (χ1n) is 10.2. The molecule has 5 aliphatic rings. The minimum atomic E-state index is -0.862. The van der Waals surface area contributed by atoms with Crippen LogP contribution < -0.4 is 15.1 Å². The molecule has 1 aromatic rings. The van der Waals surface area contributed by atoms with Gasteiger partial charge >= 0.3 is 0 Å². The van der Waals surface area contributed by atoms with E-state index in [1.165, 1.54) is 12.2 Å². The maximum atomic E-state index is 13.7. The maximum absolute atomic E-state index is 13.7. The summed E-state index contributed by atoms with van der Waals surface area (Å²) in [5, 5.41) is 25.6. The van der Waals surface area contributed by atoms with Crippen LogP contribution in [-0.2, 0) is 19.8 Å². The van der Waals surface area contributed by atoms with Crippen LogP contribution in [0, 0.1) is 11.8 Å². The Balaban J connectivity index is 1.63. The number of aliphatic hydroxyl groups is 2. The van der Waals surface area contributed by atoms with E-state index in [-0.39, 0.29) is 36.5 Å². The van der Waals surface area contributed by atoms with Crippen LogP contribution in [0.3, 0.4) is 0 Å². The van der Waals surface area contributed by atoms with Crippen molar-refractivity contribution in [3.8, 4) is 5.75 Å². The van der Waals surface area contributed by atoms with E-state index in [9.17, 15) is 15.0 Å². The molecule has 1 saturated carbocycles. The average molecular weight is 404 g/mol. The summed E-state index contributed by atoms with van der Waals surface area (Å²) >= 11 is 0. The smallest absolute Gasteiger partial charge is 0.264 e. The van der Waals surface area contributed by atoms with Crippen molar-refractivity contribution in [3.63, 3.8) is 0 Å². The molecule has 7 atom stereocenters. The molecule has 4 heterocycles. The van der Waals surface area contributed by atoms with Crippen LogP contribution in [0.25, 0.3) is 0 Å². The third-order valence-corrected chi connectivity index (χ3v) is 7.86. The van der Waals surface area contributed by atoms with Crippen LogP contribution in [0.2, 0.25) is 0 Å². The van der Waals surface area contributed by atoms with Crippen LogP contribution in [0.1, 0.15) is 25.3 Å². The largest absolute Gasteiger partial charge is 0.497 e. The van der Waals surface area contributed by atoms with Crippen molar-refractivity contribution >= 4 is 11.6 Å². The quantitative estimate of drug-likeness (QED) is 0.666. The number of hydrogen-bond donors (Lipinski definition) is 3. The van der Waals surface area contributed by atoms with Crippen molar-refractivity contribution in [2.45, 2.75) is 49.0 Å². The molecule has 4 bridgehead atoms. The lowest BCUT2D eigenvalue weighted by atomic mass is 9.68. The molecule has 29 heavy (non-hydrogen) atoms. The monoisotopic (exact) mass is 404 g/mol. The van der Waals surface area contributed by atoms with E-state index in [1.54, 1.807) is 14.0 Å². The molecule has 8 heteroatoms. The number of fused-ring (bicyclic) bond motifs is 2. The van der Waals surface area contributed by atoms with E-state index in [2.05, 4.69) is 5.32 Å². The van der Waals surface area contributed by atoms with Gasteiger partial charge in [0.2, 0.25) is 0 Å². The number of amides is 1. The molecule has 8 nitrogen and oxygen atoms in total. The summed E-state index contributed by atoms with van der Waals surface area (Å²) in [5.74, 6) is 0.692. The number of nitrogens with zero attached hydrogens (tertiary/aromatic N) is 1. The van der Waals surface area contributed by atoms with Crippen molar-refractivity contribution in [1.82, 2.24) is 5.32 Å². The van der Waals surface area contributed by atoms with Gasteiger partial charge in [-0.15, -0.1) is 0 Å². The third kappa shape index (κ3) is 2.24. The van der Waals surface area contributed by atoms with Crippen molar-refractivity contribution in [3.05, 3.63) is 23.8 Å². The fourth-order valence-electron chi connectivity index (χ4n) is 6.39. The van der Waals surface area contributed by atoms with Gasteiger partial charge in [-0.25, -0.2) is 0 Å². The minimum Gasteiger partial charge on any atom is -0.497 e. The Kier molecular flexibility index (Phi) is 4.25. The Morgan fingerprint density at radius 2 is 2.21 bits per heavy atom. The standard InChI is InChI=1S/C21H28N2O6/c1-11(25)21(10-24)15-7-18-20(8-16(22-21)13(15)9-29-18)14-5-4-12(27-2)6-17(14)23(28-3)19(20)26/h4-6,11,13,15-16,18,22,24-25H,7-10H2,1-3H3/t11-,13-,15+,16+,18-,20+,21-/m1/s1.